The van der Waals surface area contributed by atoms with E-state index in [1.807, 2.05) is 85.1 Å². The maximum absolute atomic E-state index is 7.05. The molecule has 49 heavy (non-hydrogen) atoms. The lowest BCUT2D eigenvalue weighted by molar-refractivity contribution is -0.125. The van der Waals surface area contributed by atoms with Crippen LogP contribution in [-0.2, 0) is 18.0 Å². The molecule has 2 aromatic heterocycles. The molecule has 2 atom stereocenters. The van der Waals surface area contributed by atoms with E-state index < -0.39 is 0 Å². The second-order valence-electron chi connectivity index (χ2n) is 13.5. The van der Waals surface area contributed by atoms with E-state index in [9.17, 15) is 0 Å². The van der Waals surface area contributed by atoms with Crippen LogP contribution in [0.5, 0.6) is 11.8 Å². The van der Waals surface area contributed by atoms with Crippen LogP contribution in [0.2, 0.25) is 5.15 Å². The Hall–Kier alpha value is -4.37. The Bertz CT molecular complexity index is 1770. The van der Waals surface area contributed by atoms with Gasteiger partial charge in [-0.05, 0) is 73.9 Å². The van der Waals surface area contributed by atoms with Crippen molar-refractivity contribution in [2.24, 2.45) is 5.73 Å². The van der Waals surface area contributed by atoms with Crippen molar-refractivity contribution in [1.82, 2.24) is 14.9 Å². The largest absolute Gasteiger partial charge is 0.473 e. The van der Waals surface area contributed by atoms with Gasteiger partial charge >= 0.3 is 0 Å². The Morgan fingerprint density at radius 3 is 2.29 bits per heavy atom. The highest BCUT2D eigenvalue weighted by molar-refractivity contribution is 6.29. The van der Waals surface area contributed by atoms with Crippen molar-refractivity contribution in [3.8, 4) is 11.8 Å². The van der Waals surface area contributed by atoms with Crippen molar-refractivity contribution in [3.05, 3.63) is 137 Å². The zero-order valence-corrected chi connectivity index (χ0v) is 28.7. The van der Waals surface area contributed by atoms with Crippen molar-refractivity contribution >= 4 is 17.3 Å². The summed E-state index contributed by atoms with van der Waals surface area (Å²) in [4.78, 5) is 11.6. The van der Waals surface area contributed by atoms with E-state index in [2.05, 4.69) is 40.3 Å². The van der Waals surface area contributed by atoms with Crippen LogP contribution < -0.4 is 20.5 Å². The van der Waals surface area contributed by atoms with Crippen LogP contribution in [-0.4, -0.2) is 45.7 Å². The highest BCUT2D eigenvalue weighted by Gasteiger charge is 2.45. The first kappa shape index (κ1) is 33.1. The molecule has 2 saturated heterocycles. The molecule has 2 unspecified atom stereocenters. The molecule has 0 amide bonds. The molecule has 1 spiro atoms. The number of piperidine rings is 1. The van der Waals surface area contributed by atoms with E-state index in [1.165, 1.54) is 5.56 Å². The van der Waals surface area contributed by atoms with E-state index in [0.717, 1.165) is 80.0 Å². The first-order valence-electron chi connectivity index (χ1n) is 17.2. The first-order valence-corrected chi connectivity index (χ1v) is 17.6. The fraction of sp³-hybridized carbons (Fsp3) is 0.350. The third kappa shape index (κ3) is 7.62. The standard InChI is InChI=1S/C40H44ClN5O3/c1-39(46-23-21-40(22-24-46)20-18-32(28-49-40)31-14-16-35(41)43-25-31)19-8-13-33(37(39)42)44-34-15-17-36(47-26-29-9-4-2-5-10-29)45-38(34)48-27-30-11-6-3-7-12-30/h2-17,25,32,44H,18-24,26-28,42H2,1H3. The number of nitrogens with two attached hydrogens (primary N) is 1. The van der Waals surface area contributed by atoms with Crippen LogP contribution in [0, 0.1) is 0 Å². The Labute approximate surface area is 294 Å². The van der Waals surface area contributed by atoms with Crippen LogP contribution in [0.25, 0.3) is 0 Å². The number of benzene rings is 2. The summed E-state index contributed by atoms with van der Waals surface area (Å²) in [6, 6.07) is 27.9. The van der Waals surface area contributed by atoms with Crippen LogP contribution in [0.1, 0.15) is 61.6 Å². The molecule has 3 N–H and O–H groups in total. The predicted molar refractivity (Wildman–Crippen MR) is 193 cm³/mol. The van der Waals surface area contributed by atoms with Gasteiger partial charge in [-0.15, -0.1) is 0 Å². The summed E-state index contributed by atoms with van der Waals surface area (Å²) in [5.41, 5.74) is 12.4. The lowest BCUT2D eigenvalue weighted by atomic mass is 9.78. The number of pyridine rings is 2. The second-order valence-corrected chi connectivity index (χ2v) is 13.9. The normalized spacial score (nSPS) is 22.2. The SMILES string of the molecule is CC1(N2CCC3(CCC(c4ccc(Cl)nc4)CO3)CC2)CC=CC(Nc2ccc(OCc3ccccc3)nc2OCc2ccccc2)=C1N. The molecule has 1 aliphatic carbocycles. The summed E-state index contributed by atoms with van der Waals surface area (Å²) in [5.74, 6) is 1.31. The second kappa shape index (κ2) is 14.6. The van der Waals surface area contributed by atoms with Crippen molar-refractivity contribution < 1.29 is 14.2 Å². The molecule has 0 saturated carbocycles. The Kier molecular flexibility index (Phi) is 9.89. The fourth-order valence-electron chi connectivity index (χ4n) is 7.18. The van der Waals surface area contributed by atoms with E-state index in [1.54, 1.807) is 0 Å². The average Bonchev–Trinajstić information content (AvgIpc) is 3.14. The molecule has 4 aromatic rings. The summed E-state index contributed by atoms with van der Waals surface area (Å²) in [6.45, 7) is 5.61. The molecule has 254 valence electrons. The smallest absolute Gasteiger partial charge is 0.241 e. The third-order valence-corrected chi connectivity index (χ3v) is 10.6. The molecule has 2 aromatic carbocycles. The number of nitrogens with zero attached hydrogens (tertiary/aromatic N) is 3. The highest BCUT2D eigenvalue weighted by Crippen LogP contribution is 2.43. The molecule has 2 aliphatic heterocycles. The van der Waals surface area contributed by atoms with E-state index in [0.29, 0.717) is 36.0 Å². The number of nitrogens with one attached hydrogen (secondary N) is 1. The van der Waals surface area contributed by atoms with Gasteiger partial charge in [0, 0.05) is 31.3 Å². The number of halogens is 1. The number of hydrogen-bond donors (Lipinski definition) is 2. The highest BCUT2D eigenvalue weighted by atomic mass is 35.5. The van der Waals surface area contributed by atoms with E-state index in [4.69, 9.17) is 36.5 Å². The van der Waals surface area contributed by atoms with Crippen molar-refractivity contribution in [2.45, 2.75) is 69.3 Å². The van der Waals surface area contributed by atoms with Gasteiger partial charge in [0.15, 0.2) is 0 Å². The minimum absolute atomic E-state index is 0.0751. The molecule has 4 heterocycles. The minimum Gasteiger partial charge on any atom is -0.473 e. The number of allylic oxidation sites excluding steroid dienone is 1. The quantitative estimate of drug-likeness (QED) is 0.163. The monoisotopic (exact) mass is 677 g/mol. The molecule has 7 rings (SSSR count). The molecule has 8 nitrogen and oxygen atoms in total. The minimum atomic E-state index is -0.331. The van der Waals surface area contributed by atoms with Gasteiger partial charge in [0.25, 0.3) is 0 Å². The number of hydrogen-bond acceptors (Lipinski definition) is 8. The molecular weight excluding hydrogens is 634 g/mol. The van der Waals surface area contributed by atoms with Gasteiger partial charge in [0.1, 0.15) is 24.1 Å². The fourth-order valence-corrected chi connectivity index (χ4v) is 7.29. The van der Waals surface area contributed by atoms with Gasteiger partial charge in [-0.1, -0.05) is 84.4 Å². The molecule has 2 fully saturated rings. The zero-order valence-electron chi connectivity index (χ0n) is 28.0. The van der Waals surface area contributed by atoms with E-state index in [-0.39, 0.29) is 11.1 Å². The summed E-state index contributed by atoms with van der Waals surface area (Å²) in [7, 11) is 0. The molecule has 3 aliphatic rings. The predicted octanol–water partition coefficient (Wildman–Crippen LogP) is 8.02. The van der Waals surface area contributed by atoms with Gasteiger partial charge in [0.05, 0.1) is 29.1 Å². The Morgan fingerprint density at radius 1 is 0.918 bits per heavy atom. The molecule has 0 radical (unpaired) electrons. The lowest BCUT2D eigenvalue weighted by Gasteiger charge is -2.51. The molecule has 0 bridgehead atoms. The maximum atomic E-state index is 7.05. The van der Waals surface area contributed by atoms with Gasteiger partial charge in [-0.3, -0.25) is 4.90 Å². The van der Waals surface area contributed by atoms with Crippen LogP contribution >= 0.6 is 11.6 Å². The van der Waals surface area contributed by atoms with Crippen LogP contribution in [0.4, 0.5) is 5.69 Å². The third-order valence-electron chi connectivity index (χ3n) is 10.4. The van der Waals surface area contributed by atoms with E-state index >= 15 is 0 Å². The van der Waals surface area contributed by atoms with Gasteiger partial charge in [-0.2, -0.15) is 4.98 Å². The number of anilines is 1. The Balaban J connectivity index is 1.03. The lowest BCUT2D eigenvalue weighted by Crippen LogP contribution is -2.58. The van der Waals surface area contributed by atoms with Crippen molar-refractivity contribution in [1.29, 1.82) is 0 Å². The molecular formula is C40H44ClN5O3. The van der Waals surface area contributed by atoms with Gasteiger partial charge in [0.2, 0.25) is 11.8 Å². The van der Waals surface area contributed by atoms with Crippen LogP contribution in [0.3, 0.4) is 0 Å². The number of rotatable bonds is 10. The number of aromatic nitrogens is 2. The van der Waals surface area contributed by atoms with Crippen molar-refractivity contribution in [3.63, 3.8) is 0 Å². The first-order chi connectivity index (χ1) is 23.9. The summed E-state index contributed by atoms with van der Waals surface area (Å²) < 4.78 is 19.0. The summed E-state index contributed by atoms with van der Waals surface area (Å²) in [6.07, 6.45) is 11.1. The van der Waals surface area contributed by atoms with Crippen molar-refractivity contribution in [2.75, 3.05) is 25.0 Å². The maximum Gasteiger partial charge on any atom is 0.241 e. The van der Waals surface area contributed by atoms with Gasteiger partial charge < -0.3 is 25.3 Å². The topological polar surface area (TPSA) is 94.8 Å². The number of ether oxygens (including phenoxy) is 3. The van der Waals surface area contributed by atoms with Crippen LogP contribution in [0.15, 0.2) is 115 Å². The zero-order chi connectivity index (χ0) is 33.7. The summed E-state index contributed by atoms with van der Waals surface area (Å²) in [5, 5.41) is 4.10. The number of likely N-dealkylation sites (tertiary alicyclic amines) is 1. The summed E-state index contributed by atoms with van der Waals surface area (Å²) >= 11 is 6.01. The molecule has 9 heteroatoms. The Morgan fingerprint density at radius 2 is 1.63 bits per heavy atom. The average molecular weight is 678 g/mol. The van der Waals surface area contributed by atoms with Gasteiger partial charge in [-0.25, -0.2) is 4.98 Å².